The molecule has 0 heterocycles. The molecule has 4 aliphatic carbocycles. The van der Waals surface area contributed by atoms with Crippen LogP contribution in [-0.4, -0.2) is 33.1 Å². The minimum Gasteiger partial charge on any atom is -0.393 e. The topological polar surface area (TPSA) is 60.7 Å². The Kier molecular flexibility index (Phi) is 5.87. The van der Waals surface area contributed by atoms with Crippen molar-refractivity contribution in [3.8, 4) is 0 Å². The molecule has 4 saturated carbocycles. The van der Waals surface area contributed by atoms with E-state index in [9.17, 15) is 15.3 Å². The van der Waals surface area contributed by atoms with Crippen LogP contribution in [0.4, 0.5) is 0 Å². The molecule has 0 aromatic rings. The molecule has 4 rings (SSSR count). The van der Waals surface area contributed by atoms with Crippen molar-refractivity contribution in [1.29, 1.82) is 0 Å². The number of fused-ring (bicyclic) bond motifs is 2. The van der Waals surface area contributed by atoms with Gasteiger partial charge in [0.05, 0.1) is 17.8 Å². The summed E-state index contributed by atoms with van der Waals surface area (Å²) >= 11 is 0. The van der Waals surface area contributed by atoms with Gasteiger partial charge in [0.1, 0.15) is 0 Å². The van der Waals surface area contributed by atoms with E-state index in [-0.39, 0.29) is 0 Å². The second-order valence-electron chi connectivity index (χ2n) is 11.7. The Hall–Kier alpha value is -0.900. The zero-order valence-corrected chi connectivity index (χ0v) is 19.3. The summed E-state index contributed by atoms with van der Waals surface area (Å²) < 4.78 is 0. The summed E-state index contributed by atoms with van der Waals surface area (Å²) in [6.07, 6.45) is 15.6. The van der Waals surface area contributed by atoms with E-state index in [0.29, 0.717) is 29.6 Å². The van der Waals surface area contributed by atoms with Crippen LogP contribution in [0.2, 0.25) is 0 Å². The maximum absolute atomic E-state index is 10.1. The summed E-state index contributed by atoms with van der Waals surface area (Å²) in [6.45, 7) is 10.5. The Morgan fingerprint density at radius 3 is 2.70 bits per heavy atom. The first-order valence-corrected chi connectivity index (χ1v) is 12.2. The van der Waals surface area contributed by atoms with Crippen molar-refractivity contribution in [1.82, 2.24) is 0 Å². The summed E-state index contributed by atoms with van der Waals surface area (Å²) in [7, 11) is 0. The molecule has 0 bridgehead atoms. The van der Waals surface area contributed by atoms with Crippen LogP contribution < -0.4 is 0 Å². The Morgan fingerprint density at radius 2 is 1.97 bits per heavy atom. The first-order chi connectivity index (χ1) is 14.1. The zero-order chi connectivity index (χ0) is 21.7. The number of hydrogen-bond acceptors (Lipinski definition) is 3. The quantitative estimate of drug-likeness (QED) is 0.560. The minimum absolute atomic E-state index is 0.408. The second-order valence-corrected chi connectivity index (χ2v) is 11.7. The molecular weight excluding hydrogens is 372 g/mol. The third-order valence-electron chi connectivity index (χ3n) is 9.23. The van der Waals surface area contributed by atoms with E-state index in [2.05, 4.69) is 25.7 Å². The molecule has 3 nitrogen and oxygen atoms in total. The van der Waals surface area contributed by atoms with Gasteiger partial charge in [0.25, 0.3) is 0 Å². The molecule has 3 heteroatoms. The maximum Gasteiger partial charge on any atom is 0.0811 e. The van der Waals surface area contributed by atoms with Gasteiger partial charge in [-0.15, -0.1) is 0 Å². The fraction of sp³-hybridized carbons (Fsp3) is 0.778. The van der Waals surface area contributed by atoms with E-state index in [1.54, 1.807) is 5.57 Å². The smallest absolute Gasteiger partial charge is 0.0811 e. The van der Waals surface area contributed by atoms with Gasteiger partial charge >= 0.3 is 0 Å². The zero-order valence-electron chi connectivity index (χ0n) is 19.3. The van der Waals surface area contributed by atoms with Crippen molar-refractivity contribution in [3.63, 3.8) is 0 Å². The van der Waals surface area contributed by atoms with Crippen molar-refractivity contribution >= 4 is 0 Å². The number of aliphatic hydroxyl groups excluding tert-OH is 2. The molecule has 0 amide bonds. The number of aliphatic hydroxyl groups is 3. The fourth-order valence-electron chi connectivity index (χ4n) is 7.42. The van der Waals surface area contributed by atoms with E-state index in [0.717, 1.165) is 29.9 Å². The molecule has 4 fully saturated rings. The Labute approximate surface area is 183 Å². The lowest BCUT2D eigenvalue weighted by atomic mass is 9.61. The molecule has 0 aromatic carbocycles. The summed E-state index contributed by atoms with van der Waals surface area (Å²) in [5.41, 5.74) is 3.79. The molecule has 4 aliphatic rings. The molecule has 1 spiro atoms. The lowest BCUT2D eigenvalue weighted by Crippen LogP contribution is -2.35. The number of allylic oxidation sites excluding steroid dienone is 3. The lowest BCUT2D eigenvalue weighted by molar-refractivity contribution is 0.0653. The van der Waals surface area contributed by atoms with E-state index in [4.69, 9.17) is 0 Å². The van der Waals surface area contributed by atoms with Gasteiger partial charge in [-0.05, 0) is 105 Å². The van der Waals surface area contributed by atoms with Crippen LogP contribution in [0.15, 0.2) is 35.5 Å². The van der Waals surface area contributed by atoms with E-state index in [1.807, 2.05) is 13.8 Å². The first kappa shape index (κ1) is 22.3. The van der Waals surface area contributed by atoms with Crippen LogP contribution in [0.5, 0.6) is 0 Å². The molecule has 168 valence electrons. The standard InChI is InChI=1S/C27H42O3/c1-18-20(15-22(28)16-24(18)29)10-9-19-7-5-13-26(4)23(19)11-14-27(26)17-21(27)8-6-12-25(2,3)30/h9-10,21-24,28-30H,1,5-8,11-17H2,2-4H3/b19-9+,20-10-/t21-,22+,23-,24-,26-,27-/m0/s1. The molecule has 0 aromatic heterocycles. The van der Waals surface area contributed by atoms with Crippen molar-refractivity contribution in [2.24, 2.45) is 22.7 Å². The average molecular weight is 415 g/mol. The van der Waals surface area contributed by atoms with Crippen LogP contribution in [0.25, 0.3) is 0 Å². The fourth-order valence-corrected chi connectivity index (χ4v) is 7.42. The third-order valence-corrected chi connectivity index (χ3v) is 9.23. The molecule has 0 aliphatic heterocycles. The van der Waals surface area contributed by atoms with Gasteiger partial charge < -0.3 is 15.3 Å². The highest BCUT2D eigenvalue weighted by Gasteiger charge is 2.69. The van der Waals surface area contributed by atoms with Gasteiger partial charge in [0.15, 0.2) is 0 Å². The number of hydrogen-bond donors (Lipinski definition) is 3. The van der Waals surface area contributed by atoms with E-state index < -0.39 is 17.8 Å². The largest absolute Gasteiger partial charge is 0.393 e. The molecule has 30 heavy (non-hydrogen) atoms. The van der Waals surface area contributed by atoms with Gasteiger partial charge in [-0.1, -0.05) is 37.6 Å². The van der Waals surface area contributed by atoms with Crippen molar-refractivity contribution in [3.05, 3.63) is 35.5 Å². The van der Waals surface area contributed by atoms with Crippen molar-refractivity contribution in [2.75, 3.05) is 0 Å². The lowest BCUT2D eigenvalue weighted by Gasteiger charge is -2.43. The maximum atomic E-state index is 10.1. The number of rotatable bonds is 5. The monoisotopic (exact) mass is 414 g/mol. The molecule has 0 unspecified atom stereocenters. The van der Waals surface area contributed by atoms with Gasteiger partial charge in [0.2, 0.25) is 0 Å². The van der Waals surface area contributed by atoms with E-state index >= 15 is 0 Å². The minimum atomic E-state index is -0.610. The summed E-state index contributed by atoms with van der Waals surface area (Å²) in [4.78, 5) is 0. The summed E-state index contributed by atoms with van der Waals surface area (Å²) in [5.74, 6) is 1.52. The van der Waals surface area contributed by atoms with Crippen LogP contribution in [-0.2, 0) is 0 Å². The molecule has 0 radical (unpaired) electrons. The Bertz CT molecular complexity index is 742. The Balaban J connectivity index is 1.46. The van der Waals surface area contributed by atoms with Crippen LogP contribution in [0, 0.1) is 22.7 Å². The molecule has 3 N–H and O–H groups in total. The first-order valence-electron chi connectivity index (χ1n) is 12.2. The summed E-state index contributed by atoms with van der Waals surface area (Å²) in [5, 5.41) is 30.2. The normalized spacial score (nSPS) is 44.1. The van der Waals surface area contributed by atoms with Crippen molar-refractivity contribution < 1.29 is 15.3 Å². The predicted octanol–water partition coefficient (Wildman–Crippen LogP) is 5.46. The van der Waals surface area contributed by atoms with Crippen molar-refractivity contribution in [2.45, 2.75) is 109 Å². The third kappa shape index (κ3) is 3.98. The van der Waals surface area contributed by atoms with Gasteiger partial charge in [-0.3, -0.25) is 0 Å². The molecule has 0 saturated heterocycles. The van der Waals surface area contributed by atoms with Gasteiger partial charge in [-0.2, -0.15) is 0 Å². The highest BCUT2D eigenvalue weighted by atomic mass is 16.3. The highest BCUT2D eigenvalue weighted by molar-refractivity contribution is 5.39. The Morgan fingerprint density at radius 1 is 1.20 bits per heavy atom. The average Bonchev–Trinajstić information content (AvgIpc) is 3.27. The SMILES string of the molecule is C=C1/C(=C\C=C2/CCC[C@@]3(C)[C@H]2CC[C@@]32C[C@@H]2CCCC(C)(C)O)C[C@@H](O)C[C@@H]1O. The predicted molar refractivity (Wildman–Crippen MR) is 122 cm³/mol. The van der Waals surface area contributed by atoms with Gasteiger partial charge in [-0.25, -0.2) is 0 Å². The second kappa shape index (κ2) is 7.90. The highest BCUT2D eigenvalue weighted by Crippen LogP contribution is 2.77. The summed E-state index contributed by atoms with van der Waals surface area (Å²) in [6, 6.07) is 0. The molecular formula is C27H42O3. The van der Waals surface area contributed by atoms with Crippen LogP contribution >= 0.6 is 0 Å². The van der Waals surface area contributed by atoms with Crippen LogP contribution in [0.3, 0.4) is 0 Å². The molecule has 6 atom stereocenters. The van der Waals surface area contributed by atoms with Gasteiger partial charge in [0, 0.05) is 6.42 Å². The van der Waals surface area contributed by atoms with E-state index in [1.165, 1.54) is 44.9 Å². The van der Waals surface area contributed by atoms with Crippen LogP contribution in [0.1, 0.15) is 91.4 Å².